The van der Waals surface area contributed by atoms with Crippen molar-refractivity contribution in [3.63, 3.8) is 0 Å². The normalized spacial score (nSPS) is 11.4. The van der Waals surface area contributed by atoms with Gasteiger partial charge in [-0.05, 0) is 42.8 Å². The van der Waals surface area contributed by atoms with Crippen LogP contribution in [0.25, 0.3) is 38.1 Å². The number of anilines is 1. The first-order valence-electron chi connectivity index (χ1n) is 11.2. The van der Waals surface area contributed by atoms with Crippen LogP contribution >= 0.6 is 0 Å². The molecule has 6 aromatic rings. The SMILES string of the molecule is C=CCc1c(OCC(=O)Nc2cccnc2)ccc2c1c1ccnc3c4ccccc4c(=O)n2c13. The summed E-state index contributed by atoms with van der Waals surface area (Å²) in [6.07, 6.45) is 7.28. The summed E-state index contributed by atoms with van der Waals surface area (Å²) in [4.78, 5) is 34.6. The van der Waals surface area contributed by atoms with Crippen LogP contribution in [0, 0.1) is 0 Å². The van der Waals surface area contributed by atoms with Gasteiger partial charge in [-0.2, -0.15) is 0 Å². The molecule has 0 fully saturated rings. The second-order valence-corrected chi connectivity index (χ2v) is 8.25. The standard InChI is InChI=1S/C28H20N4O3/c1-2-6-20-23(35-16-24(33)31-17-7-5-13-29-15-17)11-10-22-25(20)21-12-14-30-26-18-8-3-4-9-19(18)28(34)32(22)27(21)26/h2-5,7-15H,1,6,16H2,(H,31,33). The van der Waals surface area contributed by atoms with Gasteiger partial charge in [0, 0.05) is 39.5 Å². The third-order valence-corrected chi connectivity index (χ3v) is 6.17. The van der Waals surface area contributed by atoms with Gasteiger partial charge in [-0.1, -0.05) is 24.3 Å². The minimum Gasteiger partial charge on any atom is -0.483 e. The van der Waals surface area contributed by atoms with Gasteiger partial charge in [-0.25, -0.2) is 0 Å². The highest BCUT2D eigenvalue weighted by Gasteiger charge is 2.21. The molecule has 7 nitrogen and oxygen atoms in total. The molecule has 0 atom stereocenters. The van der Waals surface area contributed by atoms with Crippen LogP contribution in [0.5, 0.6) is 5.75 Å². The highest BCUT2D eigenvalue weighted by Crippen LogP contribution is 2.38. The Balaban J connectivity index is 1.52. The van der Waals surface area contributed by atoms with E-state index in [0.717, 1.165) is 38.3 Å². The van der Waals surface area contributed by atoms with E-state index in [2.05, 4.69) is 21.9 Å². The lowest BCUT2D eigenvalue weighted by Crippen LogP contribution is -2.20. The van der Waals surface area contributed by atoms with Crippen molar-refractivity contribution >= 4 is 49.7 Å². The molecule has 35 heavy (non-hydrogen) atoms. The number of hydrogen-bond acceptors (Lipinski definition) is 5. The van der Waals surface area contributed by atoms with Crippen LogP contribution in [-0.2, 0) is 11.2 Å². The Hall–Kier alpha value is -4.78. The average molecular weight is 460 g/mol. The second-order valence-electron chi connectivity index (χ2n) is 8.25. The summed E-state index contributed by atoms with van der Waals surface area (Å²) in [7, 11) is 0. The van der Waals surface area contributed by atoms with Gasteiger partial charge in [0.15, 0.2) is 6.61 Å². The molecule has 2 aromatic carbocycles. The Bertz CT molecular complexity index is 1810. The van der Waals surface area contributed by atoms with E-state index in [1.807, 2.05) is 42.5 Å². The smallest absolute Gasteiger partial charge is 0.263 e. The number of nitrogens with zero attached hydrogens (tertiary/aromatic N) is 3. The molecule has 0 radical (unpaired) electrons. The number of pyridine rings is 3. The molecule has 0 aliphatic rings. The number of allylic oxidation sites excluding steroid dienone is 1. The maximum absolute atomic E-state index is 13.5. The van der Waals surface area contributed by atoms with E-state index in [-0.39, 0.29) is 18.1 Å². The second kappa shape index (κ2) is 8.22. The summed E-state index contributed by atoms with van der Waals surface area (Å²) in [5.41, 5.74) is 3.71. The molecule has 1 N–H and O–H groups in total. The minimum absolute atomic E-state index is 0.0878. The summed E-state index contributed by atoms with van der Waals surface area (Å²) in [6.45, 7) is 3.75. The zero-order valence-corrected chi connectivity index (χ0v) is 18.7. The van der Waals surface area contributed by atoms with Crippen molar-refractivity contribution in [3.8, 4) is 5.75 Å². The van der Waals surface area contributed by atoms with E-state index >= 15 is 0 Å². The Labute approximate surface area is 199 Å². The fourth-order valence-electron chi connectivity index (χ4n) is 4.77. The van der Waals surface area contributed by atoms with Crippen molar-refractivity contribution in [2.75, 3.05) is 11.9 Å². The van der Waals surface area contributed by atoms with E-state index in [1.165, 1.54) is 0 Å². The molecule has 6 rings (SSSR count). The molecule has 1 amide bonds. The summed E-state index contributed by atoms with van der Waals surface area (Å²) >= 11 is 0. The van der Waals surface area contributed by atoms with Gasteiger partial charge in [0.05, 0.1) is 28.4 Å². The van der Waals surface area contributed by atoms with Gasteiger partial charge in [0.2, 0.25) is 0 Å². The Morgan fingerprint density at radius 2 is 1.89 bits per heavy atom. The van der Waals surface area contributed by atoms with Crippen LogP contribution in [0.1, 0.15) is 5.56 Å². The summed E-state index contributed by atoms with van der Waals surface area (Å²) in [5.74, 6) is 0.278. The average Bonchev–Trinajstić information content (AvgIpc) is 3.23. The molecular formula is C28H20N4O3. The quantitative estimate of drug-likeness (QED) is 0.287. The van der Waals surface area contributed by atoms with E-state index < -0.39 is 0 Å². The number of hydrogen-bond donors (Lipinski definition) is 1. The largest absolute Gasteiger partial charge is 0.483 e. The van der Waals surface area contributed by atoms with Crippen molar-refractivity contribution in [2.24, 2.45) is 0 Å². The molecule has 7 heteroatoms. The monoisotopic (exact) mass is 460 g/mol. The van der Waals surface area contributed by atoms with Gasteiger partial charge in [-0.15, -0.1) is 6.58 Å². The number of carbonyl (C=O) groups is 1. The van der Waals surface area contributed by atoms with Gasteiger partial charge in [0.1, 0.15) is 5.75 Å². The van der Waals surface area contributed by atoms with Crippen LogP contribution in [0.3, 0.4) is 0 Å². The van der Waals surface area contributed by atoms with Gasteiger partial charge in [0.25, 0.3) is 11.5 Å². The lowest BCUT2D eigenvalue weighted by Gasteiger charge is -2.12. The molecule has 0 aliphatic carbocycles. The van der Waals surface area contributed by atoms with E-state index in [0.29, 0.717) is 23.2 Å². The van der Waals surface area contributed by atoms with Crippen molar-refractivity contribution in [2.45, 2.75) is 6.42 Å². The highest BCUT2D eigenvalue weighted by molar-refractivity contribution is 6.19. The van der Waals surface area contributed by atoms with Crippen molar-refractivity contribution in [1.29, 1.82) is 0 Å². The van der Waals surface area contributed by atoms with Crippen molar-refractivity contribution < 1.29 is 9.53 Å². The van der Waals surface area contributed by atoms with Crippen LogP contribution in [0.15, 0.2) is 90.6 Å². The maximum atomic E-state index is 13.5. The summed E-state index contributed by atoms with van der Waals surface area (Å²) in [6, 6.07) is 16.6. The molecule has 0 bridgehead atoms. The zero-order valence-electron chi connectivity index (χ0n) is 18.7. The zero-order chi connectivity index (χ0) is 23.9. The van der Waals surface area contributed by atoms with E-state index in [9.17, 15) is 9.59 Å². The fraction of sp³-hybridized carbons (Fsp3) is 0.0714. The molecule has 170 valence electrons. The van der Waals surface area contributed by atoms with Crippen LogP contribution in [0.2, 0.25) is 0 Å². The molecule has 4 aromatic heterocycles. The number of nitrogens with one attached hydrogen (secondary N) is 1. The first-order chi connectivity index (χ1) is 17.2. The Morgan fingerprint density at radius 3 is 2.69 bits per heavy atom. The lowest BCUT2D eigenvalue weighted by molar-refractivity contribution is -0.118. The summed E-state index contributed by atoms with van der Waals surface area (Å²) < 4.78 is 7.71. The predicted molar refractivity (Wildman–Crippen MR) is 137 cm³/mol. The van der Waals surface area contributed by atoms with Crippen molar-refractivity contribution in [3.05, 3.63) is 102 Å². The van der Waals surface area contributed by atoms with E-state index in [1.54, 1.807) is 41.2 Å². The predicted octanol–water partition coefficient (Wildman–Crippen LogP) is 4.73. The molecule has 0 aliphatic heterocycles. The van der Waals surface area contributed by atoms with Crippen LogP contribution in [-0.4, -0.2) is 26.9 Å². The number of aromatic nitrogens is 3. The fourth-order valence-corrected chi connectivity index (χ4v) is 4.77. The molecule has 0 spiro atoms. The number of ether oxygens (including phenoxy) is 1. The Kier molecular flexibility index (Phi) is 4.88. The van der Waals surface area contributed by atoms with Gasteiger partial charge < -0.3 is 10.1 Å². The number of benzene rings is 2. The molecule has 0 saturated heterocycles. The first kappa shape index (κ1) is 20.8. The number of carbonyl (C=O) groups excluding carboxylic acids is 1. The molecule has 4 heterocycles. The highest BCUT2D eigenvalue weighted by atomic mass is 16.5. The molecular weight excluding hydrogens is 440 g/mol. The van der Waals surface area contributed by atoms with Gasteiger partial charge >= 0.3 is 0 Å². The number of rotatable bonds is 6. The molecule has 0 unspecified atom stereocenters. The van der Waals surface area contributed by atoms with Crippen LogP contribution in [0.4, 0.5) is 5.69 Å². The lowest BCUT2D eigenvalue weighted by atomic mass is 10.0. The van der Waals surface area contributed by atoms with Crippen LogP contribution < -0.4 is 15.6 Å². The minimum atomic E-state index is -0.292. The summed E-state index contributed by atoms with van der Waals surface area (Å²) in [5, 5.41) is 6.03. The molecule has 0 saturated carbocycles. The topological polar surface area (TPSA) is 85.6 Å². The maximum Gasteiger partial charge on any atom is 0.263 e. The third-order valence-electron chi connectivity index (χ3n) is 6.17. The number of amides is 1. The van der Waals surface area contributed by atoms with Crippen molar-refractivity contribution in [1.82, 2.24) is 14.4 Å². The Morgan fingerprint density at radius 1 is 1.03 bits per heavy atom. The van der Waals surface area contributed by atoms with E-state index in [4.69, 9.17) is 4.74 Å². The first-order valence-corrected chi connectivity index (χ1v) is 11.2. The van der Waals surface area contributed by atoms with Gasteiger partial charge in [-0.3, -0.25) is 24.0 Å². The number of fused-ring (bicyclic) bond motifs is 5. The third kappa shape index (κ3) is 3.28.